The van der Waals surface area contributed by atoms with Crippen LogP contribution < -0.4 is 5.43 Å². The van der Waals surface area contributed by atoms with Crippen LogP contribution in [0.4, 0.5) is 0 Å². The molecule has 108 valence electrons. The molecule has 1 amide bonds. The highest BCUT2D eigenvalue weighted by atomic mass is 16.3. The highest BCUT2D eigenvalue weighted by Gasteiger charge is 2.26. The maximum atomic E-state index is 12.0. The average Bonchev–Trinajstić information content (AvgIpc) is 3.22. The summed E-state index contributed by atoms with van der Waals surface area (Å²) < 4.78 is 0. The molecule has 3 rings (SSSR count). The Bertz CT molecular complexity index is 701. The normalized spacial score (nSPS) is 15.0. The van der Waals surface area contributed by atoms with E-state index in [4.69, 9.17) is 0 Å². The zero-order valence-corrected chi connectivity index (χ0v) is 11.6. The fourth-order valence-electron chi connectivity index (χ4n) is 2.04. The van der Waals surface area contributed by atoms with E-state index in [0.717, 1.165) is 24.1 Å². The summed E-state index contributed by atoms with van der Waals surface area (Å²) in [6.07, 6.45) is 2.30. The minimum absolute atomic E-state index is 0.162. The van der Waals surface area contributed by atoms with Gasteiger partial charge in [0, 0.05) is 17.2 Å². The van der Waals surface area contributed by atoms with Crippen molar-refractivity contribution < 1.29 is 9.90 Å². The van der Waals surface area contributed by atoms with Gasteiger partial charge in [-0.2, -0.15) is 10.2 Å². The smallest absolute Gasteiger partial charge is 0.291 e. The molecule has 1 heterocycles. The van der Waals surface area contributed by atoms with E-state index in [9.17, 15) is 9.90 Å². The minimum Gasteiger partial charge on any atom is -0.508 e. The second-order valence-corrected chi connectivity index (χ2v) is 5.17. The number of hydrogen-bond acceptors (Lipinski definition) is 4. The van der Waals surface area contributed by atoms with E-state index < -0.39 is 0 Å². The number of hydrazone groups is 1. The maximum Gasteiger partial charge on any atom is 0.291 e. The summed E-state index contributed by atoms with van der Waals surface area (Å²) in [5, 5.41) is 20.3. The van der Waals surface area contributed by atoms with Crippen molar-refractivity contribution in [3.05, 3.63) is 47.3 Å². The van der Waals surface area contributed by atoms with E-state index in [1.807, 2.05) is 6.07 Å². The first-order valence-corrected chi connectivity index (χ1v) is 6.83. The second kappa shape index (κ2) is 5.40. The summed E-state index contributed by atoms with van der Waals surface area (Å²) in [5.41, 5.74) is 5.17. The third kappa shape index (κ3) is 3.10. The summed E-state index contributed by atoms with van der Waals surface area (Å²) in [6.45, 7) is 1.76. The zero-order chi connectivity index (χ0) is 14.8. The molecule has 6 heteroatoms. The molecule has 0 unspecified atom stereocenters. The molecule has 2 aromatic rings. The van der Waals surface area contributed by atoms with Gasteiger partial charge in [-0.1, -0.05) is 12.1 Å². The number of nitrogens with one attached hydrogen (secondary N) is 2. The zero-order valence-electron chi connectivity index (χ0n) is 11.6. The van der Waals surface area contributed by atoms with Crippen LogP contribution in [0.1, 0.15) is 47.4 Å². The summed E-state index contributed by atoms with van der Waals surface area (Å²) in [5.74, 6) is 0.337. The molecule has 1 aromatic carbocycles. The van der Waals surface area contributed by atoms with Crippen molar-refractivity contribution in [3.8, 4) is 5.75 Å². The maximum absolute atomic E-state index is 12.0. The lowest BCUT2D eigenvalue weighted by molar-refractivity contribution is 0.0950. The molecular weight excluding hydrogens is 268 g/mol. The molecule has 6 nitrogen and oxygen atoms in total. The van der Waals surface area contributed by atoms with Crippen molar-refractivity contribution in [2.75, 3.05) is 0 Å². The van der Waals surface area contributed by atoms with Crippen LogP contribution in [-0.2, 0) is 0 Å². The first-order valence-electron chi connectivity index (χ1n) is 6.83. The molecule has 0 spiro atoms. The molecule has 0 aliphatic heterocycles. The van der Waals surface area contributed by atoms with Crippen LogP contribution in [-0.4, -0.2) is 26.9 Å². The van der Waals surface area contributed by atoms with Gasteiger partial charge in [-0.3, -0.25) is 9.89 Å². The Hall–Kier alpha value is -2.63. The number of hydrogen-bond donors (Lipinski definition) is 3. The third-order valence-electron chi connectivity index (χ3n) is 3.44. The van der Waals surface area contributed by atoms with Crippen LogP contribution in [0.15, 0.2) is 35.4 Å². The fraction of sp³-hybridized carbons (Fsp3) is 0.267. The van der Waals surface area contributed by atoms with Gasteiger partial charge < -0.3 is 5.11 Å². The van der Waals surface area contributed by atoms with Gasteiger partial charge >= 0.3 is 0 Å². The van der Waals surface area contributed by atoms with Crippen molar-refractivity contribution in [1.29, 1.82) is 0 Å². The number of H-pyrrole nitrogens is 1. The first kappa shape index (κ1) is 13.4. The van der Waals surface area contributed by atoms with Crippen LogP contribution >= 0.6 is 0 Å². The molecule has 1 aliphatic rings. The predicted molar refractivity (Wildman–Crippen MR) is 78.3 cm³/mol. The van der Waals surface area contributed by atoms with Gasteiger partial charge in [-0.15, -0.1) is 0 Å². The number of amides is 1. The standard InChI is InChI=1S/C15H16N4O2/c1-9(11-3-2-4-12(20)7-11)16-19-15(21)14-8-13(17-18-14)10-5-6-10/h2-4,7-8,10,20H,5-6H2,1H3,(H,17,18)(H,19,21)/b16-9-. The van der Waals surface area contributed by atoms with E-state index in [1.165, 1.54) is 0 Å². The lowest BCUT2D eigenvalue weighted by Gasteiger charge is -2.02. The quantitative estimate of drug-likeness (QED) is 0.593. The van der Waals surface area contributed by atoms with Crippen LogP contribution in [0, 0.1) is 0 Å². The third-order valence-corrected chi connectivity index (χ3v) is 3.44. The Morgan fingerprint density at radius 2 is 2.24 bits per heavy atom. The number of phenols is 1. The molecule has 1 aromatic heterocycles. The van der Waals surface area contributed by atoms with Crippen molar-refractivity contribution in [2.45, 2.75) is 25.7 Å². The van der Waals surface area contributed by atoms with Crippen molar-refractivity contribution in [1.82, 2.24) is 15.6 Å². The average molecular weight is 284 g/mol. The Morgan fingerprint density at radius 3 is 2.95 bits per heavy atom. The topological polar surface area (TPSA) is 90.4 Å². The number of aromatic amines is 1. The molecule has 0 saturated heterocycles. The van der Waals surface area contributed by atoms with E-state index in [-0.39, 0.29) is 11.7 Å². The number of nitrogens with zero attached hydrogens (tertiary/aromatic N) is 2. The molecule has 3 N–H and O–H groups in total. The summed E-state index contributed by atoms with van der Waals surface area (Å²) in [7, 11) is 0. The van der Waals surface area contributed by atoms with Crippen molar-refractivity contribution in [2.24, 2.45) is 5.10 Å². The van der Waals surface area contributed by atoms with Gasteiger partial charge in [0.05, 0.1) is 5.71 Å². The van der Waals surface area contributed by atoms with Crippen molar-refractivity contribution >= 4 is 11.6 Å². The highest BCUT2D eigenvalue weighted by Crippen LogP contribution is 2.38. The van der Waals surface area contributed by atoms with Gasteiger partial charge in [0.1, 0.15) is 5.75 Å². The van der Waals surface area contributed by atoms with E-state index in [0.29, 0.717) is 17.3 Å². The van der Waals surface area contributed by atoms with Crippen molar-refractivity contribution in [3.63, 3.8) is 0 Å². The fourth-order valence-corrected chi connectivity index (χ4v) is 2.04. The molecule has 1 aliphatic carbocycles. The molecule has 1 saturated carbocycles. The molecular formula is C15H16N4O2. The van der Waals surface area contributed by atoms with E-state index in [1.54, 1.807) is 31.2 Å². The molecule has 0 bridgehead atoms. The highest BCUT2D eigenvalue weighted by molar-refractivity contribution is 6.00. The Balaban J connectivity index is 1.67. The molecule has 0 radical (unpaired) electrons. The molecule has 1 fully saturated rings. The van der Waals surface area contributed by atoms with Crippen LogP contribution in [0.5, 0.6) is 5.75 Å². The summed E-state index contributed by atoms with van der Waals surface area (Å²) in [4.78, 5) is 12.0. The predicted octanol–water partition coefficient (Wildman–Crippen LogP) is 2.15. The van der Waals surface area contributed by atoms with Gasteiger partial charge in [0.2, 0.25) is 0 Å². The minimum atomic E-state index is -0.349. The summed E-state index contributed by atoms with van der Waals surface area (Å²) in [6, 6.07) is 8.47. The number of benzene rings is 1. The lowest BCUT2D eigenvalue weighted by Crippen LogP contribution is -2.19. The lowest BCUT2D eigenvalue weighted by atomic mass is 10.1. The second-order valence-electron chi connectivity index (χ2n) is 5.17. The largest absolute Gasteiger partial charge is 0.508 e. The number of carbonyl (C=O) groups excluding carboxylic acids is 1. The Morgan fingerprint density at radius 1 is 1.43 bits per heavy atom. The summed E-state index contributed by atoms with van der Waals surface area (Å²) >= 11 is 0. The number of phenolic OH excluding ortho intramolecular Hbond substituents is 1. The number of aromatic hydroxyl groups is 1. The van der Waals surface area contributed by atoms with Gasteiger partial charge in [-0.05, 0) is 38.0 Å². The SMILES string of the molecule is C/C(=N/NC(=O)c1cc(C2CC2)[nH]n1)c1cccc(O)c1. The Labute approximate surface area is 121 Å². The number of carbonyl (C=O) groups is 1. The first-order chi connectivity index (χ1) is 10.1. The van der Waals surface area contributed by atoms with Gasteiger partial charge in [-0.25, -0.2) is 5.43 Å². The molecule has 0 atom stereocenters. The van der Waals surface area contributed by atoms with E-state index in [2.05, 4.69) is 20.7 Å². The number of aromatic nitrogens is 2. The van der Waals surface area contributed by atoms with Crippen LogP contribution in [0.25, 0.3) is 0 Å². The Kier molecular flexibility index (Phi) is 3.43. The van der Waals surface area contributed by atoms with Gasteiger partial charge in [0.15, 0.2) is 5.69 Å². The monoisotopic (exact) mass is 284 g/mol. The van der Waals surface area contributed by atoms with Crippen LogP contribution in [0.3, 0.4) is 0 Å². The molecule has 21 heavy (non-hydrogen) atoms. The van der Waals surface area contributed by atoms with Gasteiger partial charge in [0.25, 0.3) is 5.91 Å². The number of rotatable bonds is 4. The van der Waals surface area contributed by atoms with Crippen LogP contribution in [0.2, 0.25) is 0 Å². The van der Waals surface area contributed by atoms with E-state index >= 15 is 0 Å².